The molecule has 0 unspecified atom stereocenters. The molecule has 0 aliphatic heterocycles. The molecule has 0 radical (unpaired) electrons. The van der Waals surface area contributed by atoms with Gasteiger partial charge in [0.25, 0.3) is 0 Å². The van der Waals surface area contributed by atoms with Crippen LogP contribution in [0.4, 0.5) is 11.6 Å². The summed E-state index contributed by atoms with van der Waals surface area (Å²) in [6, 6.07) is 1.88. The Hall–Kier alpha value is -2.15. The van der Waals surface area contributed by atoms with E-state index in [0.29, 0.717) is 17.3 Å². The van der Waals surface area contributed by atoms with E-state index in [-0.39, 0.29) is 10.8 Å². The maximum Gasteiger partial charge on any atom is 0.226 e. The van der Waals surface area contributed by atoms with Crippen molar-refractivity contribution in [1.82, 2.24) is 29.9 Å². The SMILES string of the molecule is Cc1cc(Nc2nc(Cl)nc3c2cnn3C(C)(C)C)n[nH]1. The van der Waals surface area contributed by atoms with Crippen molar-refractivity contribution in [2.24, 2.45) is 0 Å². The number of hydrogen-bond donors (Lipinski definition) is 2. The standard InChI is InChI=1S/C13H16ClN7/c1-7-5-9(20-19-7)16-10-8-6-15-21(13(2,3)4)11(8)18-12(14)17-10/h5-6H,1-4H3,(H2,16,17,18,19,20). The van der Waals surface area contributed by atoms with Crippen molar-refractivity contribution >= 4 is 34.3 Å². The summed E-state index contributed by atoms with van der Waals surface area (Å²) in [5.74, 6) is 1.26. The number of aromatic amines is 1. The first kappa shape index (κ1) is 13.8. The Morgan fingerprint density at radius 3 is 2.67 bits per heavy atom. The fourth-order valence-electron chi connectivity index (χ4n) is 2.07. The van der Waals surface area contributed by atoms with Crippen molar-refractivity contribution in [2.45, 2.75) is 33.2 Å². The van der Waals surface area contributed by atoms with Gasteiger partial charge in [-0.05, 0) is 39.3 Å². The Labute approximate surface area is 126 Å². The van der Waals surface area contributed by atoms with Crippen LogP contribution in [0.5, 0.6) is 0 Å². The van der Waals surface area contributed by atoms with Crippen LogP contribution >= 0.6 is 11.6 Å². The van der Waals surface area contributed by atoms with E-state index in [1.54, 1.807) is 6.20 Å². The number of nitrogens with one attached hydrogen (secondary N) is 2. The molecule has 0 amide bonds. The highest BCUT2D eigenvalue weighted by Gasteiger charge is 2.20. The summed E-state index contributed by atoms with van der Waals surface area (Å²) in [4.78, 5) is 8.53. The van der Waals surface area contributed by atoms with E-state index < -0.39 is 0 Å². The van der Waals surface area contributed by atoms with E-state index in [4.69, 9.17) is 11.6 Å². The number of aryl methyl sites for hydroxylation is 1. The third-order valence-electron chi connectivity index (χ3n) is 2.99. The molecular formula is C13H16ClN7. The first-order chi connectivity index (χ1) is 9.84. The van der Waals surface area contributed by atoms with Crippen LogP contribution < -0.4 is 5.32 Å². The van der Waals surface area contributed by atoms with Gasteiger partial charge in [0.15, 0.2) is 11.5 Å². The topological polar surface area (TPSA) is 84.3 Å². The van der Waals surface area contributed by atoms with Crippen molar-refractivity contribution in [3.63, 3.8) is 0 Å². The van der Waals surface area contributed by atoms with E-state index in [2.05, 4.69) is 51.4 Å². The third kappa shape index (κ3) is 2.56. The van der Waals surface area contributed by atoms with Gasteiger partial charge in [0.2, 0.25) is 5.28 Å². The number of halogens is 1. The predicted octanol–water partition coefficient (Wildman–Crippen LogP) is 3.01. The van der Waals surface area contributed by atoms with Crippen molar-refractivity contribution in [3.8, 4) is 0 Å². The molecule has 0 saturated carbocycles. The van der Waals surface area contributed by atoms with Crippen LogP contribution in [0.25, 0.3) is 11.0 Å². The normalized spacial score (nSPS) is 12.0. The van der Waals surface area contributed by atoms with Gasteiger partial charge in [0.1, 0.15) is 5.82 Å². The Kier molecular flexibility index (Phi) is 3.09. The van der Waals surface area contributed by atoms with E-state index >= 15 is 0 Å². The van der Waals surface area contributed by atoms with Crippen LogP contribution in [-0.4, -0.2) is 29.9 Å². The Morgan fingerprint density at radius 2 is 2.05 bits per heavy atom. The summed E-state index contributed by atoms with van der Waals surface area (Å²) in [5, 5.41) is 15.5. The lowest BCUT2D eigenvalue weighted by Crippen LogP contribution is -2.23. The van der Waals surface area contributed by atoms with Gasteiger partial charge in [-0.25, -0.2) is 4.68 Å². The van der Waals surface area contributed by atoms with Crippen molar-refractivity contribution in [2.75, 3.05) is 5.32 Å². The predicted molar refractivity (Wildman–Crippen MR) is 81.9 cm³/mol. The average Bonchev–Trinajstić information content (AvgIpc) is 2.94. The Balaban J connectivity index is 2.13. The first-order valence-corrected chi connectivity index (χ1v) is 6.93. The molecule has 110 valence electrons. The summed E-state index contributed by atoms with van der Waals surface area (Å²) >= 11 is 6.04. The maximum absolute atomic E-state index is 6.04. The minimum absolute atomic E-state index is 0.170. The highest BCUT2D eigenvalue weighted by atomic mass is 35.5. The summed E-state index contributed by atoms with van der Waals surface area (Å²) in [6.07, 6.45) is 1.73. The second kappa shape index (κ2) is 4.70. The number of aromatic nitrogens is 6. The van der Waals surface area contributed by atoms with E-state index in [0.717, 1.165) is 11.1 Å². The number of hydrogen-bond acceptors (Lipinski definition) is 5. The Morgan fingerprint density at radius 1 is 1.29 bits per heavy atom. The molecule has 0 fully saturated rings. The molecule has 0 bridgehead atoms. The summed E-state index contributed by atoms with van der Waals surface area (Å²) < 4.78 is 1.83. The molecule has 0 aliphatic rings. The van der Waals surface area contributed by atoms with Gasteiger partial charge in [-0.15, -0.1) is 0 Å². The van der Waals surface area contributed by atoms with Crippen LogP contribution in [0.15, 0.2) is 12.3 Å². The van der Waals surface area contributed by atoms with Crippen LogP contribution in [0, 0.1) is 6.92 Å². The number of H-pyrrole nitrogens is 1. The molecule has 0 aromatic carbocycles. The largest absolute Gasteiger partial charge is 0.323 e. The molecule has 3 aromatic heterocycles. The number of nitrogens with zero attached hydrogens (tertiary/aromatic N) is 5. The smallest absolute Gasteiger partial charge is 0.226 e. The highest BCUT2D eigenvalue weighted by molar-refractivity contribution is 6.28. The maximum atomic E-state index is 6.04. The van der Waals surface area contributed by atoms with Crippen LogP contribution in [-0.2, 0) is 5.54 Å². The van der Waals surface area contributed by atoms with Gasteiger partial charge in [-0.2, -0.15) is 20.2 Å². The second-order valence-corrected chi connectivity index (χ2v) is 6.20. The summed E-state index contributed by atoms with van der Waals surface area (Å²) in [6.45, 7) is 8.09. The molecule has 0 atom stereocenters. The van der Waals surface area contributed by atoms with Crippen molar-refractivity contribution in [3.05, 3.63) is 23.2 Å². The van der Waals surface area contributed by atoms with Crippen molar-refractivity contribution in [1.29, 1.82) is 0 Å². The molecule has 7 nitrogen and oxygen atoms in total. The zero-order valence-corrected chi connectivity index (χ0v) is 13.0. The Bertz CT molecular complexity index is 797. The van der Waals surface area contributed by atoms with Gasteiger partial charge in [0.05, 0.1) is 17.1 Å². The van der Waals surface area contributed by atoms with Gasteiger partial charge < -0.3 is 5.32 Å². The molecule has 21 heavy (non-hydrogen) atoms. The fourth-order valence-corrected chi connectivity index (χ4v) is 2.24. The molecule has 0 aliphatic carbocycles. The average molecular weight is 306 g/mol. The monoisotopic (exact) mass is 305 g/mol. The van der Waals surface area contributed by atoms with Gasteiger partial charge in [-0.1, -0.05) is 0 Å². The highest BCUT2D eigenvalue weighted by Crippen LogP contribution is 2.27. The number of rotatable bonds is 2. The fraction of sp³-hybridized carbons (Fsp3) is 0.385. The number of fused-ring (bicyclic) bond motifs is 1. The lowest BCUT2D eigenvalue weighted by Gasteiger charge is -2.19. The zero-order valence-electron chi connectivity index (χ0n) is 12.3. The van der Waals surface area contributed by atoms with Crippen LogP contribution in [0.1, 0.15) is 26.5 Å². The lowest BCUT2D eigenvalue weighted by atomic mass is 10.1. The van der Waals surface area contributed by atoms with Gasteiger partial charge in [-0.3, -0.25) is 5.10 Å². The minimum atomic E-state index is -0.195. The molecule has 3 aromatic rings. The van der Waals surface area contributed by atoms with Crippen LogP contribution in [0.2, 0.25) is 5.28 Å². The lowest BCUT2D eigenvalue weighted by molar-refractivity contribution is 0.366. The minimum Gasteiger partial charge on any atom is -0.323 e. The molecule has 2 N–H and O–H groups in total. The van der Waals surface area contributed by atoms with E-state index in [1.165, 1.54) is 0 Å². The molecule has 3 rings (SSSR count). The molecule has 0 spiro atoms. The molecule has 0 saturated heterocycles. The molecular weight excluding hydrogens is 290 g/mol. The van der Waals surface area contributed by atoms with Gasteiger partial charge >= 0.3 is 0 Å². The summed E-state index contributed by atoms with van der Waals surface area (Å²) in [5.41, 5.74) is 1.45. The second-order valence-electron chi connectivity index (χ2n) is 5.87. The molecule has 8 heteroatoms. The van der Waals surface area contributed by atoms with E-state index in [9.17, 15) is 0 Å². The molecule has 3 heterocycles. The first-order valence-electron chi connectivity index (χ1n) is 6.55. The van der Waals surface area contributed by atoms with Crippen molar-refractivity contribution < 1.29 is 0 Å². The third-order valence-corrected chi connectivity index (χ3v) is 3.16. The quantitative estimate of drug-likeness (QED) is 0.711. The van der Waals surface area contributed by atoms with E-state index in [1.807, 2.05) is 17.7 Å². The van der Waals surface area contributed by atoms with Crippen LogP contribution in [0.3, 0.4) is 0 Å². The van der Waals surface area contributed by atoms with Gasteiger partial charge in [0, 0.05) is 11.8 Å². The number of anilines is 2. The zero-order chi connectivity index (χ0) is 15.2. The summed E-state index contributed by atoms with van der Waals surface area (Å²) in [7, 11) is 0.